The van der Waals surface area contributed by atoms with Crippen LogP contribution in [0.2, 0.25) is 0 Å². The number of piperidine rings is 1. The molecule has 2 aromatic rings. The maximum atomic E-state index is 12.7. The Bertz CT molecular complexity index is 686. The Morgan fingerprint density at radius 2 is 1.86 bits per heavy atom. The normalized spacial score (nSPS) is 15.2. The number of fused-ring (bicyclic) bond motifs is 1. The van der Waals surface area contributed by atoms with Gasteiger partial charge in [0.05, 0.1) is 0 Å². The molecule has 1 fully saturated rings. The number of carbonyl (C=O) groups is 2. The van der Waals surface area contributed by atoms with E-state index in [1.165, 1.54) is 24.7 Å². The Balaban J connectivity index is 2.03. The smallest absolute Gasteiger partial charge is 0.308 e. The lowest BCUT2D eigenvalue weighted by molar-refractivity contribution is -0.131. The molecule has 0 spiro atoms. The summed E-state index contributed by atoms with van der Waals surface area (Å²) in [6.45, 7) is 2.93. The van der Waals surface area contributed by atoms with Crippen LogP contribution in [0.25, 0.3) is 10.1 Å². The number of rotatable bonds is 2. The minimum atomic E-state index is -0.397. The Labute approximate surface area is 127 Å². The highest BCUT2D eigenvalue weighted by Gasteiger charge is 2.26. The van der Waals surface area contributed by atoms with Crippen LogP contribution >= 0.6 is 11.3 Å². The number of ether oxygens (including phenoxy) is 1. The summed E-state index contributed by atoms with van der Waals surface area (Å²) >= 11 is 1.40. The Kier molecular flexibility index (Phi) is 3.92. The van der Waals surface area contributed by atoms with E-state index in [-0.39, 0.29) is 5.91 Å². The van der Waals surface area contributed by atoms with E-state index in [1.54, 1.807) is 0 Å². The number of benzene rings is 1. The highest BCUT2D eigenvalue weighted by molar-refractivity contribution is 7.21. The van der Waals surface area contributed by atoms with Gasteiger partial charge in [0, 0.05) is 30.1 Å². The fraction of sp³-hybridized carbons (Fsp3) is 0.375. The highest BCUT2D eigenvalue weighted by Crippen LogP contribution is 2.38. The van der Waals surface area contributed by atoms with Crippen molar-refractivity contribution in [3.8, 4) is 5.75 Å². The van der Waals surface area contributed by atoms with E-state index < -0.39 is 5.97 Å². The van der Waals surface area contributed by atoms with Crippen LogP contribution < -0.4 is 4.74 Å². The van der Waals surface area contributed by atoms with Gasteiger partial charge in [0.2, 0.25) is 0 Å². The molecule has 1 aliphatic rings. The van der Waals surface area contributed by atoms with Gasteiger partial charge in [-0.25, -0.2) is 0 Å². The topological polar surface area (TPSA) is 46.6 Å². The zero-order valence-corrected chi connectivity index (χ0v) is 12.7. The van der Waals surface area contributed by atoms with E-state index in [4.69, 9.17) is 4.74 Å². The summed E-state index contributed by atoms with van der Waals surface area (Å²) < 4.78 is 6.30. The first kappa shape index (κ1) is 14.1. The van der Waals surface area contributed by atoms with Crippen molar-refractivity contribution in [2.45, 2.75) is 26.2 Å². The van der Waals surface area contributed by atoms with Crippen molar-refractivity contribution in [1.29, 1.82) is 0 Å². The molecule has 3 rings (SSSR count). The SMILES string of the molecule is CC(=O)Oc1c(C(=O)N2CCCCC2)sc2ccccc12. The quantitative estimate of drug-likeness (QED) is 0.798. The number of hydrogen-bond donors (Lipinski definition) is 0. The largest absolute Gasteiger partial charge is 0.424 e. The molecule has 21 heavy (non-hydrogen) atoms. The third-order valence-electron chi connectivity index (χ3n) is 3.63. The first-order valence-electron chi connectivity index (χ1n) is 7.16. The molecule has 1 aromatic heterocycles. The van der Waals surface area contributed by atoms with E-state index in [2.05, 4.69) is 0 Å². The first-order valence-corrected chi connectivity index (χ1v) is 7.97. The summed E-state index contributed by atoms with van der Waals surface area (Å²) in [6, 6.07) is 7.64. The molecule has 2 heterocycles. The monoisotopic (exact) mass is 303 g/mol. The number of likely N-dealkylation sites (tertiary alicyclic amines) is 1. The number of carbonyl (C=O) groups excluding carboxylic acids is 2. The third kappa shape index (κ3) is 2.78. The number of esters is 1. The van der Waals surface area contributed by atoms with Gasteiger partial charge in [-0.3, -0.25) is 9.59 Å². The standard InChI is InChI=1S/C16H17NO3S/c1-11(18)20-14-12-7-3-4-8-13(12)21-15(14)16(19)17-9-5-2-6-10-17/h3-4,7-8H,2,5-6,9-10H2,1H3. The molecule has 0 bridgehead atoms. The van der Waals surface area contributed by atoms with Crippen molar-refractivity contribution < 1.29 is 14.3 Å². The number of amides is 1. The van der Waals surface area contributed by atoms with Crippen molar-refractivity contribution >= 4 is 33.3 Å². The summed E-state index contributed by atoms with van der Waals surface area (Å²) in [7, 11) is 0. The van der Waals surface area contributed by atoms with Crippen molar-refractivity contribution in [1.82, 2.24) is 4.90 Å². The van der Waals surface area contributed by atoms with E-state index in [0.29, 0.717) is 10.6 Å². The van der Waals surface area contributed by atoms with E-state index in [0.717, 1.165) is 36.0 Å². The Morgan fingerprint density at radius 1 is 1.14 bits per heavy atom. The van der Waals surface area contributed by atoms with Gasteiger partial charge in [-0.05, 0) is 31.4 Å². The molecule has 5 heteroatoms. The van der Waals surface area contributed by atoms with Gasteiger partial charge in [0.15, 0.2) is 5.75 Å². The molecule has 0 radical (unpaired) electrons. The van der Waals surface area contributed by atoms with Crippen molar-refractivity contribution in [2.75, 3.05) is 13.1 Å². The molecule has 1 amide bonds. The van der Waals surface area contributed by atoms with Gasteiger partial charge < -0.3 is 9.64 Å². The fourth-order valence-corrected chi connectivity index (χ4v) is 3.75. The summed E-state index contributed by atoms with van der Waals surface area (Å²) in [5, 5.41) is 0.832. The molecule has 1 saturated heterocycles. The average molecular weight is 303 g/mol. The second-order valence-corrected chi connectivity index (χ2v) is 6.26. The molecule has 0 atom stereocenters. The molecule has 0 unspecified atom stereocenters. The Hall–Kier alpha value is -1.88. The van der Waals surface area contributed by atoms with Gasteiger partial charge >= 0.3 is 5.97 Å². The predicted molar refractivity (Wildman–Crippen MR) is 82.9 cm³/mol. The zero-order chi connectivity index (χ0) is 14.8. The highest BCUT2D eigenvalue weighted by atomic mass is 32.1. The van der Waals surface area contributed by atoms with Gasteiger partial charge in [-0.15, -0.1) is 11.3 Å². The summed E-state index contributed by atoms with van der Waals surface area (Å²) in [5.74, 6) is -0.00271. The van der Waals surface area contributed by atoms with Crippen LogP contribution in [-0.4, -0.2) is 29.9 Å². The fourth-order valence-electron chi connectivity index (χ4n) is 2.65. The lowest BCUT2D eigenvalue weighted by Crippen LogP contribution is -2.35. The maximum Gasteiger partial charge on any atom is 0.308 e. The van der Waals surface area contributed by atoms with Crippen LogP contribution in [0.3, 0.4) is 0 Å². The molecule has 4 nitrogen and oxygen atoms in total. The minimum Gasteiger partial charge on any atom is -0.424 e. The van der Waals surface area contributed by atoms with Crippen molar-refractivity contribution in [2.24, 2.45) is 0 Å². The molecule has 0 N–H and O–H groups in total. The van der Waals surface area contributed by atoms with Crippen LogP contribution in [-0.2, 0) is 4.79 Å². The molecule has 110 valence electrons. The number of nitrogens with zero attached hydrogens (tertiary/aromatic N) is 1. The van der Waals surface area contributed by atoms with Crippen molar-refractivity contribution in [3.05, 3.63) is 29.1 Å². The van der Waals surface area contributed by atoms with E-state index in [9.17, 15) is 9.59 Å². The third-order valence-corrected chi connectivity index (χ3v) is 4.77. The van der Waals surface area contributed by atoms with E-state index >= 15 is 0 Å². The van der Waals surface area contributed by atoms with Crippen LogP contribution in [0.4, 0.5) is 0 Å². The second kappa shape index (κ2) is 5.85. The molecule has 0 saturated carbocycles. The number of thiophene rings is 1. The van der Waals surface area contributed by atoms with Crippen LogP contribution in [0.5, 0.6) is 5.75 Å². The molecule has 1 aliphatic heterocycles. The van der Waals surface area contributed by atoms with Gasteiger partial charge in [0.1, 0.15) is 4.88 Å². The minimum absolute atomic E-state index is 0.0212. The van der Waals surface area contributed by atoms with Crippen LogP contribution in [0.15, 0.2) is 24.3 Å². The van der Waals surface area contributed by atoms with Crippen LogP contribution in [0.1, 0.15) is 35.9 Å². The molecular formula is C16H17NO3S. The van der Waals surface area contributed by atoms with Gasteiger partial charge in [0.25, 0.3) is 5.91 Å². The average Bonchev–Trinajstić information content (AvgIpc) is 2.86. The van der Waals surface area contributed by atoms with E-state index in [1.807, 2.05) is 29.2 Å². The number of hydrogen-bond acceptors (Lipinski definition) is 4. The summed E-state index contributed by atoms with van der Waals surface area (Å²) in [4.78, 5) is 26.5. The molecule has 0 aliphatic carbocycles. The Morgan fingerprint density at radius 3 is 2.57 bits per heavy atom. The van der Waals surface area contributed by atoms with Gasteiger partial charge in [-0.2, -0.15) is 0 Å². The zero-order valence-electron chi connectivity index (χ0n) is 11.9. The maximum absolute atomic E-state index is 12.7. The molecule has 1 aromatic carbocycles. The predicted octanol–water partition coefficient (Wildman–Crippen LogP) is 3.45. The summed E-state index contributed by atoms with van der Waals surface area (Å²) in [6.07, 6.45) is 3.26. The lowest BCUT2D eigenvalue weighted by Gasteiger charge is -2.26. The molecular weight excluding hydrogens is 286 g/mol. The second-order valence-electron chi connectivity index (χ2n) is 5.20. The summed E-state index contributed by atoms with van der Waals surface area (Å²) in [5.41, 5.74) is 0. The van der Waals surface area contributed by atoms with Crippen LogP contribution in [0, 0.1) is 0 Å². The van der Waals surface area contributed by atoms with Gasteiger partial charge in [-0.1, -0.05) is 12.1 Å². The lowest BCUT2D eigenvalue weighted by atomic mass is 10.1. The first-order chi connectivity index (χ1) is 10.2. The van der Waals surface area contributed by atoms with Crippen molar-refractivity contribution in [3.63, 3.8) is 0 Å².